The van der Waals surface area contributed by atoms with E-state index in [9.17, 15) is 22.0 Å². The summed E-state index contributed by atoms with van der Waals surface area (Å²) in [6.07, 6.45) is -2.17. The Balaban J connectivity index is 1.50. The van der Waals surface area contributed by atoms with Crippen LogP contribution in [0.15, 0.2) is 60.9 Å². The lowest BCUT2D eigenvalue weighted by molar-refractivity contribution is -0.137. The molecule has 4 aromatic rings. The molecule has 5 nitrogen and oxygen atoms in total. The number of H-pyrrole nitrogens is 1. The average Bonchev–Trinajstić information content (AvgIpc) is 3.29. The summed E-state index contributed by atoms with van der Waals surface area (Å²) in [5.74, 6) is -0.730. The molecule has 2 aromatic heterocycles. The number of hydrogen-bond donors (Lipinski definition) is 1. The van der Waals surface area contributed by atoms with E-state index >= 15 is 0 Å². The molecule has 0 radical (unpaired) electrons. The number of nitrogens with zero attached hydrogens (tertiary/aromatic N) is 2. The van der Waals surface area contributed by atoms with Crippen molar-refractivity contribution in [3.8, 4) is 34.1 Å². The molecule has 0 fully saturated rings. The number of alkyl halides is 3. The molecule has 0 saturated heterocycles. The van der Waals surface area contributed by atoms with Gasteiger partial charge in [-0.05, 0) is 42.5 Å². The van der Waals surface area contributed by atoms with Crippen LogP contribution < -0.4 is 9.47 Å². The third-order valence-electron chi connectivity index (χ3n) is 4.77. The largest absolute Gasteiger partial charge is 0.496 e. The van der Waals surface area contributed by atoms with Gasteiger partial charge >= 0.3 is 6.18 Å². The molecule has 4 rings (SSSR count). The molecule has 170 valence electrons. The molecule has 0 unspecified atom stereocenters. The highest BCUT2D eigenvalue weighted by Gasteiger charge is 2.30. The fourth-order valence-corrected chi connectivity index (χ4v) is 3.07. The predicted octanol–water partition coefficient (Wildman–Crippen LogP) is 6.02. The maximum absolute atomic E-state index is 13.5. The summed E-state index contributed by atoms with van der Waals surface area (Å²) in [4.78, 5) is 11.0. The molecule has 0 aliphatic rings. The molecule has 0 bridgehead atoms. The second kappa shape index (κ2) is 8.89. The highest BCUT2D eigenvalue weighted by Crippen LogP contribution is 2.34. The maximum Gasteiger partial charge on any atom is 0.417 e. The quantitative estimate of drug-likeness (QED) is 0.357. The maximum atomic E-state index is 13.5. The second-order valence-electron chi connectivity index (χ2n) is 6.96. The lowest BCUT2D eigenvalue weighted by Crippen LogP contribution is -2.06. The van der Waals surface area contributed by atoms with Crippen LogP contribution in [0.5, 0.6) is 11.5 Å². The first kappa shape index (κ1) is 22.3. The fourth-order valence-electron chi connectivity index (χ4n) is 3.07. The first-order valence-corrected chi connectivity index (χ1v) is 9.58. The molecule has 0 amide bonds. The van der Waals surface area contributed by atoms with E-state index in [2.05, 4.69) is 15.0 Å². The number of aromatic amines is 1. The van der Waals surface area contributed by atoms with Crippen LogP contribution in [-0.4, -0.2) is 22.1 Å². The van der Waals surface area contributed by atoms with Gasteiger partial charge in [0, 0.05) is 23.4 Å². The van der Waals surface area contributed by atoms with E-state index in [-0.39, 0.29) is 6.61 Å². The molecule has 10 heteroatoms. The number of imidazole rings is 1. The van der Waals surface area contributed by atoms with Gasteiger partial charge in [0.15, 0.2) is 11.6 Å². The minimum atomic E-state index is -4.45. The number of methoxy groups -OCH3 is 1. The van der Waals surface area contributed by atoms with Gasteiger partial charge in [-0.1, -0.05) is 0 Å². The minimum absolute atomic E-state index is 0.0367. The summed E-state index contributed by atoms with van der Waals surface area (Å²) in [7, 11) is 1.46. The monoisotopic (exact) mass is 461 g/mol. The molecular formula is C23H16F5N3O2. The topological polar surface area (TPSA) is 60.0 Å². The number of pyridine rings is 1. The van der Waals surface area contributed by atoms with E-state index in [4.69, 9.17) is 9.47 Å². The average molecular weight is 461 g/mol. The Morgan fingerprint density at radius 2 is 1.73 bits per heavy atom. The Bertz CT molecular complexity index is 1270. The number of ether oxygens (including phenoxy) is 2. The summed E-state index contributed by atoms with van der Waals surface area (Å²) in [6, 6.07) is 10.6. The van der Waals surface area contributed by atoms with Crippen LogP contribution >= 0.6 is 0 Å². The lowest BCUT2D eigenvalue weighted by atomic mass is 10.1. The summed E-state index contributed by atoms with van der Waals surface area (Å²) < 4.78 is 75.7. The molecule has 0 saturated carbocycles. The third kappa shape index (κ3) is 4.94. The normalized spacial score (nSPS) is 11.5. The number of halogens is 5. The van der Waals surface area contributed by atoms with Crippen molar-refractivity contribution in [2.75, 3.05) is 7.11 Å². The number of rotatable bonds is 6. The molecule has 2 aromatic carbocycles. The van der Waals surface area contributed by atoms with Crippen molar-refractivity contribution in [1.29, 1.82) is 0 Å². The Morgan fingerprint density at radius 3 is 2.39 bits per heavy atom. The molecule has 0 aliphatic heterocycles. The van der Waals surface area contributed by atoms with Crippen molar-refractivity contribution in [2.45, 2.75) is 12.8 Å². The number of aromatic nitrogens is 3. The van der Waals surface area contributed by atoms with Crippen molar-refractivity contribution in [3.05, 3.63) is 83.8 Å². The van der Waals surface area contributed by atoms with Crippen molar-refractivity contribution in [3.63, 3.8) is 0 Å². The Kier molecular flexibility index (Phi) is 5.99. The van der Waals surface area contributed by atoms with Crippen LogP contribution in [0.2, 0.25) is 0 Å². The van der Waals surface area contributed by atoms with Gasteiger partial charge in [-0.15, -0.1) is 0 Å². The van der Waals surface area contributed by atoms with Crippen LogP contribution in [-0.2, 0) is 12.8 Å². The van der Waals surface area contributed by atoms with E-state index in [1.807, 2.05) is 0 Å². The molecular weight excluding hydrogens is 445 g/mol. The van der Waals surface area contributed by atoms with Crippen LogP contribution in [0.25, 0.3) is 22.6 Å². The van der Waals surface area contributed by atoms with Gasteiger partial charge < -0.3 is 14.5 Å². The van der Waals surface area contributed by atoms with Gasteiger partial charge in [0.25, 0.3) is 0 Å². The smallest absolute Gasteiger partial charge is 0.417 e. The summed E-state index contributed by atoms with van der Waals surface area (Å²) >= 11 is 0. The first-order valence-electron chi connectivity index (χ1n) is 9.58. The van der Waals surface area contributed by atoms with Crippen LogP contribution in [0.3, 0.4) is 0 Å². The highest BCUT2D eigenvalue weighted by molar-refractivity contribution is 5.70. The van der Waals surface area contributed by atoms with E-state index in [1.165, 1.54) is 25.4 Å². The van der Waals surface area contributed by atoms with Crippen molar-refractivity contribution < 1.29 is 31.4 Å². The zero-order valence-electron chi connectivity index (χ0n) is 17.1. The SMILES string of the molecule is COc1cc(OCc2ccc(C(F)(F)F)cn2)ccc1-c1cnc(-c2ccc(F)c(F)c2)[nH]1. The summed E-state index contributed by atoms with van der Waals surface area (Å²) in [5.41, 5.74) is 1.08. The Hall–Kier alpha value is -3.95. The number of nitrogens with one attached hydrogen (secondary N) is 1. The molecule has 0 spiro atoms. The van der Waals surface area contributed by atoms with Gasteiger partial charge in [-0.2, -0.15) is 13.2 Å². The zero-order valence-corrected chi connectivity index (χ0v) is 17.1. The predicted molar refractivity (Wildman–Crippen MR) is 109 cm³/mol. The van der Waals surface area contributed by atoms with Crippen molar-refractivity contribution in [1.82, 2.24) is 15.0 Å². The van der Waals surface area contributed by atoms with Gasteiger partial charge in [0.1, 0.15) is 23.9 Å². The summed E-state index contributed by atoms with van der Waals surface area (Å²) in [5, 5.41) is 0. The Labute approximate surface area is 184 Å². The third-order valence-corrected chi connectivity index (χ3v) is 4.77. The van der Waals surface area contributed by atoms with Gasteiger partial charge in [0.05, 0.1) is 30.3 Å². The van der Waals surface area contributed by atoms with Gasteiger partial charge in [-0.25, -0.2) is 13.8 Å². The van der Waals surface area contributed by atoms with Gasteiger partial charge in [0.2, 0.25) is 0 Å². The van der Waals surface area contributed by atoms with Crippen molar-refractivity contribution in [2.24, 2.45) is 0 Å². The van der Waals surface area contributed by atoms with E-state index in [0.29, 0.717) is 39.8 Å². The van der Waals surface area contributed by atoms with E-state index < -0.39 is 23.4 Å². The molecule has 1 N–H and O–H groups in total. The van der Waals surface area contributed by atoms with Crippen LogP contribution in [0.4, 0.5) is 22.0 Å². The van der Waals surface area contributed by atoms with Crippen LogP contribution in [0.1, 0.15) is 11.3 Å². The molecule has 0 aliphatic carbocycles. The second-order valence-corrected chi connectivity index (χ2v) is 6.96. The molecule has 2 heterocycles. The minimum Gasteiger partial charge on any atom is -0.496 e. The molecule has 0 atom stereocenters. The summed E-state index contributed by atoms with van der Waals surface area (Å²) in [6.45, 7) is -0.0367. The highest BCUT2D eigenvalue weighted by atomic mass is 19.4. The lowest BCUT2D eigenvalue weighted by Gasteiger charge is -2.11. The van der Waals surface area contributed by atoms with E-state index in [1.54, 1.807) is 18.2 Å². The van der Waals surface area contributed by atoms with Gasteiger partial charge in [-0.3, -0.25) is 4.98 Å². The Morgan fingerprint density at radius 1 is 0.909 bits per heavy atom. The fraction of sp³-hybridized carbons (Fsp3) is 0.130. The molecule has 33 heavy (non-hydrogen) atoms. The standard InChI is InChI=1S/C23H16F5N3O2/c1-32-21-9-16(33-12-15-4-3-14(10-29-15)23(26,27)28)5-6-17(21)20-11-30-22(31-20)13-2-7-18(24)19(25)8-13/h2-11H,12H2,1H3,(H,30,31). The first-order chi connectivity index (χ1) is 15.7. The zero-order chi connectivity index (χ0) is 23.6. The number of hydrogen-bond acceptors (Lipinski definition) is 4. The van der Waals surface area contributed by atoms with Crippen LogP contribution in [0, 0.1) is 11.6 Å². The van der Waals surface area contributed by atoms with E-state index in [0.717, 1.165) is 24.4 Å². The van der Waals surface area contributed by atoms with Crippen molar-refractivity contribution >= 4 is 0 Å². The number of benzene rings is 2.